The number of aryl methyl sites for hydroxylation is 1. The molecule has 3 saturated carbocycles. The van der Waals surface area contributed by atoms with E-state index in [1.807, 2.05) is 34.6 Å². The Labute approximate surface area is 605 Å². The molecule has 0 radical (unpaired) electrons. The third-order valence-electron chi connectivity index (χ3n) is 22.7. The number of alkyl halides is 3. The van der Waals surface area contributed by atoms with Crippen LogP contribution in [0.3, 0.4) is 0 Å². The van der Waals surface area contributed by atoms with Crippen molar-refractivity contribution in [3.63, 3.8) is 0 Å². The van der Waals surface area contributed by atoms with Crippen molar-refractivity contribution in [3.8, 4) is 0 Å². The third-order valence-corrected chi connectivity index (χ3v) is 23.0. The number of halogens is 4. The molecule has 102 heavy (non-hydrogen) atoms. The maximum absolute atomic E-state index is 15.9. The third kappa shape index (κ3) is 20.5. The molecule has 6 fully saturated rings. The lowest BCUT2D eigenvalue weighted by Crippen LogP contribution is -2.65. The first-order valence-corrected chi connectivity index (χ1v) is 37.4. The van der Waals surface area contributed by atoms with Crippen molar-refractivity contribution in [2.75, 3.05) is 88.6 Å². The number of nitrogens with zero attached hydrogens (tertiary/aromatic N) is 9. The summed E-state index contributed by atoms with van der Waals surface area (Å²) in [5, 5.41) is 8.20. The van der Waals surface area contributed by atoms with Crippen LogP contribution >= 0.6 is 11.6 Å². The van der Waals surface area contributed by atoms with Gasteiger partial charge in [0.2, 0.25) is 70.9 Å². The molecule has 570 valence electrons. The molecular weight excluding hydrogens is 1340 g/mol. The van der Waals surface area contributed by atoms with Crippen molar-refractivity contribution < 1.29 is 70.7 Å². The Kier molecular flexibility index (Phi) is 28.7. The van der Waals surface area contributed by atoms with Crippen molar-refractivity contribution >= 4 is 82.5 Å². The van der Waals surface area contributed by atoms with Crippen molar-refractivity contribution in [2.45, 2.75) is 243 Å². The molecule has 0 bridgehead atoms. The summed E-state index contributed by atoms with van der Waals surface area (Å²) >= 11 is 6.17. The Morgan fingerprint density at radius 3 is 1.83 bits per heavy atom. The van der Waals surface area contributed by atoms with E-state index in [9.17, 15) is 41.9 Å². The van der Waals surface area contributed by atoms with E-state index in [1.54, 1.807) is 11.8 Å². The Morgan fingerprint density at radius 1 is 0.637 bits per heavy atom. The van der Waals surface area contributed by atoms with Gasteiger partial charge in [-0.1, -0.05) is 130 Å². The summed E-state index contributed by atoms with van der Waals surface area (Å²) in [5.74, 6) is -8.75. The van der Waals surface area contributed by atoms with Crippen molar-refractivity contribution in [2.24, 2.45) is 29.1 Å². The minimum absolute atomic E-state index is 0.0183. The molecule has 3 aliphatic carbocycles. The van der Waals surface area contributed by atoms with Crippen LogP contribution in [0.1, 0.15) is 194 Å². The molecule has 28 heteroatoms. The highest BCUT2D eigenvalue weighted by Crippen LogP contribution is 2.39. The van der Waals surface area contributed by atoms with Crippen molar-refractivity contribution in [1.82, 2.24) is 60.0 Å². The minimum Gasteiger partial charge on any atom is -0.343 e. The van der Waals surface area contributed by atoms with E-state index < -0.39 is 173 Å². The SMILES string of the molecule is CC[C@H](C)[C@@H]1NC(=O)[C@H](CC(C)C)N(C)C(=O)C[C@@H](C(=O)N2CCC(C)(C)C2)N(C)C(=O)[C@H](C2CCCCC2)N(C)C(=O)C2(CCCC2)NC(=O)[C@@H]2CCCN2C(=O)[C@H](CCc2ccc(C(F)(F)F)c(Cl)c2)NC(=O)CN(C)C(=O)[C@H](CC2CCCCC2)N(C)C(=O)CN(C)C(=O)CN(C)C1=O. The number of carbonyl (C=O) groups is 12. The largest absolute Gasteiger partial charge is 0.417 e. The number of hydrogen-bond acceptors (Lipinski definition) is 12. The van der Waals surface area contributed by atoms with Crippen LogP contribution in [-0.2, 0) is 70.1 Å². The Hall–Kier alpha value is -7.06. The highest BCUT2D eigenvalue weighted by molar-refractivity contribution is 6.31. The van der Waals surface area contributed by atoms with E-state index in [-0.39, 0.29) is 68.7 Å². The highest BCUT2D eigenvalue weighted by Gasteiger charge is 2.52. The molecule has 3 N–H and O–H groups in total. The molecular formula is C74H114ClF3N12O12. The summed E-state index contributed by atoms with van der Waals surface area (Å²) < 4.78 is 41.7. The molecule has 12 amide bonds. The summed E-state index contributed by atoms with van der Waals surface area (Å²) in [5.41, 5.74) is -2.64. The average molecular weight is 1460 g/mol. The quantitative estimate of drug-likeness (QED) is 0.210. The van der Waals surface area contributed by atoms with Gasteiger partial charge in [-0.15, -0.1) is 0 Å². The standard InChI is InChI=1S/C74H114ClF3N12O12/c1-14-47(4)62-69(100)84(9)43-60(93)82(7)44-61(94)86(11)56(40-48-24-17-15-18-25-48)67(98)83(8)42-58(91)79-53(32-30-49-29-31-51(52(75)39-49)74(76,77)78)66(97)90-36-23-28-54(90)65(96)81-73(33-21-22-34-73)71(102)88(13)63(50-26-19-16-20-27-50)70(101)87(12)57(68(99)89-37-35-72(5,6)45-89)41-59(92)85(10)55(38-46(2)3)64(95)80-62/h29,31,39,46-48,50,53-57,62-63H,14-28,30,32-38,40-45H2,1-13H3,(H,79,91)(H,80,95)(H,81,96)/t47-,53-,54-,55-,56-,57-,62-,63-/m0/s1. The Morgan fingerprint density at radius 2 is 1.25 bits per heavy atom. The van der Waals surface area contributed by atoms with Gasteiger partial charge in [0.1, 0.15) is 47.8 Å². The van der Waals surface area contributed by atoms with Crippen LogP contribution < -0.4 is 16.0 Å². The molecule has 3 heterocycles. The van der Waals surface area contributed by atoms with Crippen LogP contribution in [-0.4, -0.2) is 251 Å². The second-order valence-electron chi connectivity index (χ2n) is 31.5. The predicted molar refractivity (Wildman–Crippen MR) is 378 cm³/mol. The highest BCUT2D eigenvalue weighted by atomic mass is 35.5. The number of fused-ring (bicyclic) bond motifs is 1. The maximum Gasteiger partial charge on any atom is 0.417 e. The lowest BCUT2D eigenvalue weighted by molar-refractivity contribution is -0.157. The van der Waals surface area contributed by atoms with Gasteiger partial charge in [0.05, 0.1) is 36.6 Å². The number of likely N-dealkylation sites (tertiary alicyclic amines) is 1. The molecule has 3 saturated heterocycles. The molecule has 8 atom stereocenters. The Balaban J connectivity index is 1.30. The summed E-state index contributed by atoms with van der Waals surface area (Å²) in [4.78, 5) is 192. The second kappa shape index (κ2) is 35.6. The molecule has 24 nitrogen and oxygen atoms in total. The van der Waals surface area contributed by atoms with Crippen LogP contribution in [0.5, 0.6) is 0 Å². The van der Waals surface area contributed by atoms with E-state index in [0.717, 1.165) is 78.2 Å². The van der Waals surface area contributed by atoms with Crippen molar-refractivity contribution in [1.29, 1.82) is 0 Å². The zero-order valence-corrected chi connectivity index (χ0v) is 63.3. The topological polar surface area (TPSA) is 270 Å². The maximum atomic E-state index is 15.9. The number of likely N-dealkylation sites (N-methyl/N-ethyl adjacent to an activating group) is 7. The van der Waals surface area contributed by atoms with Gasteiger partial charge in [0.15, 0.2) is 0 Å². The zero-order chi connectivity index (χ0) is 75.5. The first kappa shape index (κ1) is 82.2. The van der Waals surface area contributed by atoms with E-state index in [2.05, 4.69) is 16.0 Å². The zero-order valence-electron chi connectivity index (χ0n) is 62.5. The lowest BCUT2D eigenvalue weighted by Gasteiger charge is -2.43. The monoisotopic (exact) mass is 1450 g/mol. The molecule has 0 unspecified atom stereocenters. The van der Waals surface area contributed by atoms with Crippen LogP contribution in [0.25, 0.3) is 0 Å². The van der Waals surface area contributed by atoms with Crippen LogP contribution in [0.4, 0.5) is 13.2 Å². The first-order valence-electron chi connectivity index (χ1n) is 37.1. The molecule has 7 rings (SSSR count). The van der Waals surface area contributed by atoms with E-state index >= 15 is 28.8 Å². The molecule has 1 aromatic carbocycles. The number of amides is 12. The fourth-order valence-electron chi connectivity index (χ4n) is 16.0. The minimum atomic E-state index is -4.76. The number of carbonyl (C=O) groups excluding carboxylic acids is 12. The normalized spacial score (nSPS) is 27.1. The van der Waals surface area contributed by atoms with Gasteiger partial charge in [-0.25, -0.2) is 0 Å². The van der Waals surface area contributed by atoms with Gasteiger partial charge in [-0.2, -0.15) is 13.2 Å². The summed E-state index contributed by atoms with van der Waals surface area (Å²) in [6.07, 6.45) is 5.44. The smallest absolute Gasteiger partial charge is 0.343 e. The molecule has 3 aliphatic heterocycles. The summed E-state index contributed by atoms with van der Waals surface area (Å²) in [6.45, 7) is 10.4. The van der Waals surface area contributed by atoms with Crippen LogP contribution in [0.15, 0.2) is 18.2 Å². The van der Waals surface area contributed by atoms with Gasteiger partial charge >= 0.3 is 6.18 Å². The predicted octanol–water partition coefficient (Wildman–Crippen LogP) is 6.67. The average Bonchev–Trinajstić information content (AvgIpc) is 1.44. The molecule has 1 aromatic rings. The van der Waals surface area contributed by atoms with E-state index in [0.29, 0.717) is 63.6 Å². The summed E-state index contributed by atoms with van der Waals surface area (Å²) in [6, 6.07) is -5.57. The van der Waals surface area contributed by atoms with Crippen LogP contribution in [0, 0.1) is 29.1 Å². The Bertz CT molecular complexity index is 3210. The van der Waals surface area contributed by atoms with Gasteiger partial charge < -0.3 is 60.0 Å². The van der Waals surface area contributed by atoms with Crippen LogP contribution in [0.2, 0.25) is 5.02 Å². The fourth-order valence-corrected chi connectivity index (χ4v) is 16.3. The van der Waals surface area contributed by atoms with E-state index in [1.165, 1.54) is 79.9 Å². The molecule has 0 aromatic heterocycles. The number of nitrogens with one attached hydrogen (secondary N) is 3. The number of rotatable bonds is 11. The number of benzene rings is 1. The fraction of sp³-hybridized carbons (Fsp3) is 0.757. The van der Waals surface area contributed by atoms with Crippen molar-refractivity contribution in [3.05, 3.63) is 34.3 Å². The lowest BCUT2D eigenvalue weighted by atomic mass is 9.81. The second-order valence-corrected chi connectivity index (χ2v) is 31.9. The van der Waals surface area contributed by atoms with Gasteiger partial charge in [-0.3, -0.25) is 57.5 Å². The summed E-state index contributed by atoms with van der Waals surface area (Å²) in [7, 11) is 10.0. The molecule has 1 spiro atoms. The molecule has 6 aliphatic rings. The van der Waals surface area contributed by atoms with Gasteiger partial charge in [0.25, 0.3) is 0 Å². The van der Waals surface area contributed by atoms with Gasteiger partial charge in [-0.05, 0) is 117 Å². The van der Waals surface area contributed by atoms with E-state index in [4.69, 9.17) is 11.6 Å². The number of hydrogen-bond donors (Lipinski definition) is 3. The van der Waals surface area contributed by atoms with Gasteiger partial charge in [0, 0.05) is 69.0 Å². The first-order chi connectivity index (χ1) is 47.9.